The van der Waals surface area contributed by atoms with Crippen molar-refractivity contribution in [2.75, 3.05) is 13.2 Å². The lowest BCUT2D eigenvalue weighted by atomic mass is 10.0. The lowest BCUT2D eigenvalue weighted by Gasteiger charge is -2.17. The number of unbranched alkanes of at least 4 members (excludes halogenated alkanes) is 3. The van der Waals surface area contributed by atoms with Crippen LogP contribution >= 0.6 is 23.2 Å². The summed E-state index contributed by atoms with van der Waals surface area (Å²) in [6.45, 7) is 7.64. The molecule has 0 saturated carbocycles. The third kappa shape index (κ3) is 7.50. The van der Waals surface area contributed by atoms with E-state index >= 15 is 0 Å². The Bertz CT molecular complexity index is 469. The second-order valence-electron chi connectivity index (χ2n) is 5.49. The quantitative estimate of drug-likeness (QED) is 0.422. The summed E-state index contributed by atoms with van der Waals surface area (Å²) >= 11 is 11.2. The van der Waals surface area contributed by atoms with E-state index in [-0.39, 0.29) is 4.49 Å². The first-order valence-electron chi connectivity index (χ1n) is 8.54. The Hall–Kier alpha value is -0.860. The van der Waals surface area contributed by atoms with E-state index in [1.165, 1.54) is 30.4 Å². The van der Waals surface area contributed by atoms with Gasteiger partial charge in [0.1, 0.15) is 22.6 Å². The molecular weight excluding hydrogens is 331 g/mol. The highest BCUT2D eigenvalue weighted by molar-refractivity contribution is 6.55. The van der Waals surface area contributed by atoms with Crippen LogP contribution in [0.5, 0.6) is 11.5 Å². The first-order chi connectivity index (χ1) is 11.1. The molecule has 0 unspecified atom stereocenters. The van der Waals surface area contributed by atoms with Crippen LogP contribution in [0.4, 0.5) is 0 Å². The number of benzene rings is 1. The first-order valence-corrected chi connectivity index (χ1v) is 9.30. The maximum atomic E-state index is 6.08. The molecule has 0 atom stereocenters. The van der Waals surface area contributed by atoms with Crippen molar-refractivity contribution < 1.29 is 9.47 Å². The van der Waals surface area contributed by atoms with Crippen molar-refractivity contribution in [3.8, 4) is 11.5 Å². The Labute approximate surface area is 150 Å². The van der Waals surface area contributed by atoms with E-state index in [9.17, 15) is 0 Å². The van der Waals surface area contributed by atoms with Crippen molar-refractivity contribution >= 4 is 23.2 Å². The molecule has 0 amide bonds. The van der Waals surface area contributed by atoms with Crippen molar-refractivity contribution in [2.45, 2.75) is 59.3 Å². The van der Waals surface area contributed by atoms with Crippen LogP contribution < -0.4 is 9.47 Å². The van der Waals surface area contributed by atoms with Crippen LogP contribution in [-0.4, -0.2) is 13.2 Å². The molecule has 0 aliphatic carbocycles. The molecule has 0 N–H and O–H groups in total. The minimum Gasteiger partial charge on any atom is -0.493 e. The smallest absolute Gasteiger partial charge is 0.125 e. The lowest BCUT2D eigenvalue weighted by Crippen LogP contribution is -2.04. The third-order valence-electron chi connectivity index (χ3n) is 3.71. The second-order valence-corrected chi connectivity index (χ2v) is 6.50. The number of aryl methyl sites for hydroxylation is 2. The molecule has 0 saturated heterocycles. The molecule has 0 radical (unpaired) electrons. The monoisotopic (exact) mass is 358 g/mol. The van der Waals surface area contributed by atoms with Crippen molar-refractivity contribution in [1.29, 1.82) is 0 Å². The molecular formula is C19H28Cl2O2. The van der Waals surface area contributed by atoms with E-state index in [4.69, 9.17) is 32.7 Å². The van der Waals surface area contributed by atoms with Gasteiger partial charge in [-0.2, -0.15) is 0 Å². The molecule has 1 aromatic rings. The van der Waals surface area contributed by atoms with E-state index in [2.05, 4.69) is 32.9 Å². The molecule has 1 rings (SSSR count). The predicted octanol–water partition coefficient (Wildman–Crippen LogP) is 6.47. The van der Waals surface area contributed by atoms with Crippen LogP contribution in [-0.2, 0) is 12.8 Å². The van der Waals surface area contributed by atoms with Crippen LogP contribution in [0.3, 0.4) is 0 Å². The average molecular weight is 359 g/mol. The summed E-state index contributed by atoms with van der Waals surface area (Å²) in [5.41, 5.74) is 2.38. The molecule has 2 nitrogen and oxygen atoms in total. The molecule has 1 aromatic carbocycles. The minimum atomic E-state index is 0.225. The highest BCUT2D eigenvalue weighted by Gasteiger charge is 2.11. The summed E-state index contributed by atoms with van der Waals surface area (Å²) in [4.78, 5) is 0. The highest BCUT2D eigenvalue weighted by atomic mass is 35.5. The minimum absolute atomic E-state index is 0.225. The zero-order chi connectivity index (χ0) is 17.1. The third-order valence-corrected chi connectivity index (χ3v) is 4.02. The van der Waals surface area contributed by atoms with Crippen LogP contribution in [0.15, 0.2) is 22.7 Å². The van der Waals surface area contributed by atoms with Crippen molar-refractivity contribution in [3.05, 3.63) is 33.8 Å². The van der Waals surface area contributed by atoms with Gasteiger partial charge in [0, 0.05) is 0 Å². The first kappa shape index (κ1) is 20.2. The Morgan fingerprint density at radius 3 is 2.13 bits per heavy atom. The number of rotatable bonds is 11. The van der Waals surface area contributed by atoms with Gasteiger partial charge in [-0.05, 0) is 48.6 Å². The fourth-order valence-electron chi connectivity index (χ4n) is 2.42. The fraction of sp³-hybridized carbons (Fsp3) is 0.579. The molecule has 4 heteroatoms. The molecule has 0 bridgehead atoms. The number of ether oxygens (including phenoxy) is 2. The lowest BCUT2D eigenvalue weighted by molar-refractivity contribution is 0.298. The van der Waals surface area contributed by atoms with Gasteiger partial charge >= 0.3 is 0 Å². The Morgan fingerprint density at radius 1 is 0.957 bits per heavy atom. The van der Waals surface area contributed by atoms with E-state index < -0.39 is 0 Å². The van der Waals surface area contributed by atoms with Gasteiger partial charge in [0.2, 0.25) is 0 Å². The zero-order valence-corrected chi connectivity index (χ0v) is 16.0. The SMILES string of the molecule is CCCCCCOc1c(CC)cc(OCC=C(Cl)Cl)cc1CC. The summed E-state index contributed by atoms with van der Waals surface area (Å²) in [7, 11) is 0. The van der Waals surface area contributed by atoms with E-state index in [1.807, 2.05) is 0 Å². The Kier molecular flexibility index (Phi) is 10.2. The number of hydrogen-bond donors (Lipinski definition) is 0. The topological polar surface area (TPSA) is 18.5 Å². The summed E-state index contributed by atoms with van der Waals surface area (Å²) < 4.78 is 12.0. The van der Waals surface area contributed by atoms with Gasteiger partial charge in [0.15, 0.2) is 0 Å². The fourth-order valence-corrected chi connectivity index (χ4v) is 2.55. The van der Waals surface area contributed by atoms with Gasteiger partial charge in [0.05, 0.1) is 6.61 Å². The molecule has 0 aliphatic heterocycles. The van der Waals surface area contributed by atoms with E-state index in [0.717, 1.165) is 37.4 Å². The predicted molar refractivity (Wildman–Crippen MR) is 100 cm³/mol. The van der Waals surface area contributed by atoms with Gasteiger partial charge in [-0.15, -0.1) is 0 Å². The van der Waals surface area contributed by atoms with Crippen LogP contribution in [0, 0.1) is 0 Å². The Morgan fingerprint density at radius 2 is 1.61 bits per heavy atom. The molecule has 0 heterocycles. The molecule has 130 valence electrons. The van der Waals surface area contributed by atoms with Crippen molar-refractivity contribution in [3.63, 3.8) is 0 Å². The number of hydrogen-bond acceptors (Lipinski definition) is 2. The van der Waals surface area contributed by atoms with Gasteiger partial charge in [-0.3, -0.25) is 0 Å². The van der Waals surface area contributed by atoms with Gasteiger partial charge < -0.3 is 9.47 Å². The molecule has 0 fully saturated rings. The van der Waals surface area contributed by atoms with Gasteiger partial charge in [0.25, 0.3) is 0 Å². The maximum absolute atomic E-state index is 6.08. The van der Waals surface area contributed by atoms with Crippen molar-refractivity contribution in [1.82, 2.24) is 0 Å². The summed E-state index contributed by atoms with van der Waals surface area (Å²) in [5, 5.41) is 0. The van der Waals surface area contributed by atoms with Gasteiger partial charge in [-0.1, -0.05) is 63.2 Å². The van der Waals surface area contributed by atoms with Crippen LogP contribution in [0.25, 0.3) is 0 Å². The highest BCUT2D eigenvalue weighted by Crippen LogP contribution is 2.31. The molecule has 0 aliphatic rings. The summed E-state index contributed by atoms with van der Waals surface area (Å²) in [6, 6.07) is 4.10. The summed E-state index contributed by atoms with van der Waals surface area (Å²) in [6.07, 6.45) is 8.32. The summed E-state index contributed by atoms with van der Waals surface area (Å²) in [5.74, 6) is 1.87. The zero-order valence-electron chi connectivity index (χ0n) is 14.5. The number of halogens is 2. The van der Waals surface area contributed by atoms with E-state index in [1.54, 1.807) is 6.08 Å². The normalized spacial score (nSPS) is 10.5. The van der Waals surface area contributed by atoms with Gasteiger partial charge in [-0.25, -0.2) is 0 Å². The standard InChI is InChI=1S/C19H28Cl2O2/c1-4-7-8-9-11-23-19-15(5-2)13-17(14-16(19)6-3)22-12-10-18(20)21/h10,13-14H,4-9,11-12H2,1-3H3. The van der Waals surface area contributed by atoms with Crippen molar-refractivity contribution in [2.24, 2.45) is 0 Å². The molecule has 0 aromatic heterocycles. The average Bonchev–Trinajstić information content (AvgIpc) is 2.54. The molecule has 0 spiro atoms. The van der Waals surface area contributed by atoms with Crippen LogP contribution in [0.1, 0.15) is 57.6 Å². The molecule has 23 heavy (non-hydrogen) atoms. The van der Waals surface area contributed by atoms with Crippen LogP contribution in [0.2, 0.25) is 0 Å². The maximum Gasteiger partial charge on any atom is 0.125 e. The largest absolute Gasteiger partial charge is 0.493 e. The second kappa shape index (κ2) is 11.6. The van der Waals surface area contributed by atoms with E-state index in [0.29, 0.717) is 6.61 Å². The Balaban J connectivity index is 2.78.